The Labute approximate surface area is 123 Å². The standard InChI is InChI=1S/C12H21BrN2O3S/c1-5-12(3,4)15-19(16,17)10-7-9(8-14-6-2)18-11(10)13/h7,14-15H,5-6,8H2,1-4H3. The molecule has 0 spiro atoms. The Morgan fingerprint density at radius 1 is 1.37 bits per heavy atom. The second kappa shape index (κ2) is 6.39. The fraction of sp³-hybridized carbons (Fsp3) is 0.667. The maximum Gasteiger partial charge on any atom is 0.245 e. The van der Waals surface area contributed by atoms with Gasteiger partial charge in [0.1, 0.15) is 10.7 Å². The Balaban J connectivity index is 2.98. The van der Waals surface area contributed by atoms with Crippen molar-refractivity contribution < 1.29 is 12.8 Å². The van der Waals surface area contributed by atoms with Crippen LogP contribution in [0.2, 0.25) is 0 Å². The van der Waals surface area contributed by atoms with Crippen LogP contribution < -0.4 is 10.0 Å². The zero-order valence-electron chi connectivity index (χ0n) is 11.7. The van der Waals surface area contributed by atoms with Crippen LogP contribution in [0.15, 0.2) is 20.0 Å². The molecule has 0 saturated carbocycles. The van der Waals surface area contributed by atoms with Gasteiger partial charge in [-0.3, -0.25) is 0 Å². The molecular weight excluding hydrogens is 332 g/mol. The molecule has 0 unspecified atom stereocenters. The Hall–Kier alpha value is -0.370. The monoisotopic (exact) mass is 352 g/mol. The quantitative estimate of drug-likeness (QED) is 0.791. The number of halogens is 1. The fourth-order valence-corrected chi connectivity index (χ4v) is 3.89. The van der Waals surface area contributed by atoms with Gasteiger partial charge in [-0.05, 0) is 42.7 Å². The second-order valence-electron chi connectivity index (χ2n) is 4.97. The molecule has 0 fully saturated rings. The van der Waals surface area contributed by atoms with E-state index in [2.05, 4.69) is 26.0 Å². The number of hydrogen-bond acceptors (Lipinski definition) is 4. The Bertz CT molecular complexity index is 523. The first-order chi connectivity index (χ1) is 8.72. The van der Waals surface area contributed by atoms with Crippen LogP contribution in [0.4, 0.5) is 0 Å². The lowest BCUT2D eigenvalue weighted by molar-refractivity contribution is 0.437. The van der Waals surface area contributed by atoms with Crippen LogP contribution >= 0.6 is 15.9 Å². The van der Waals surface area contributed by atoms with Crippen molar-refractivity contribution in [3.8, 4) is 0 Å². The van der Waals surface area contributed by atoms with Crippen LogP contribution in [0.5, 0.6) is 0 Å². The second-order valence-corrected chi connectivity index (χ2v) is 7.34. The molecule has 19 heavy (non-hydrogen) atoms. The number of sulfonamides is 1. The summed E-state index contributed by atoms with van der Waals surface area (Å²) in [6.07, 6.45) is 0.700. The van der Waals surface area contributed by atoms with Gasteiger partial charge < -0.3 is 9.73 Å². The van der Waals surface area contributed by atoms with Gasteiger partial charge in [-0.2, -0.15) is 0 Å². The van der Waals surface area contributed by atoms with Crippen molar-refractivity contribution in [1.29, 1.82) is 0 Å². The third-order valence-electron chi connectivity index (χ3n) is 2.84. The highest BCUT2D eigenvalue weighted by molar-refractivity contribution is 9.10. The highest BCUT2D eigenvalue weighted by Gasteiger charge is 2.28. The highest BCUT2D eigenvalue weighted by Crippen LogP contribution is 2.27. The smallest absolute Gasteiger partial charge is 0.245 e. The van der Waals surface area contributed by atoms with Crippen molar-refractivity contribution >= 4 is 26.0 Å². The molecule has 7 heteroatoms. The van der Waals surface area contributed by atoms with E-state index in [4.69, 9.17) is 4.42 Å². The lowest BCUT2D eigenvalue weighted by Crippen LogP contribution is -2.42. The van der Waals surface area contributed by atoms with Crippen LogP contribution in [-0.2, 0) is 16.6 Å². The molecule has 1 aromatic heterocycles. The Kier molecular flexibility index (Phi) is 5.61. The average molecular weight is 353 g/mol. The van der Waals surface area contributed by atoms with E-state index in [1.54, 1.807) is 6.07 Å². The van der Waals surface area contributed by atoms with Crippen molar-refractivity contribution in [2.45, 2.75) is 51.1 Å². The van der Waals surface area contributed by atoms with Crippen LogP contribution in [0, 0.1) is 0 Å². The molecule has 0 amide bonds. The van der Waals surface area contributed by atoms with Crippen LogP contribution in [0.25, 0.3) is 0 Å². The van der Waals surface area contributed by atoms with Gasteiger partial charge in [0.2, 0.25) is 10.0 Å². The molecule has 0 aliphatic carbocycles. The minimum atomic E-state index is -3.58. The first-order valence-corrected chi connectivity index (χ1v) is 8.52. The number of nitrogens with one attached hydrogen (secondary N) is 2. The normalized spacial score (nSPS) is 12.9. The molecule has 0 saturated heterocycles. The van der Waals surface area contributed by atoms with E-state index in [-0.39, 0.29) is 9.56 Å². The van der Waals surface area contributed by atoms with E-state index in [1.807, 2.05) is 27.7 Å². The molecule has 1 aromatic rings. The summed E-state index contributed by atoms with van der Waals surface area (Å²) in [6.45, 7) is 8.89. The predicted molar refractivity (Wildman–Crippen MR) is 78.5 cm³/mol. The lowest BCUT2D eigenvalue weighted by Gasteiger charge is -2.23. The van der Waals surface area contributed by atoms with Gasteiger partial charge >= 0.3 is 0 Å². The van der Waals surface area contributed by atoms with Gasteiger partial charge in [-0.1, -0.05) is 13.8 Å². The molecule has 2 N–H and O–H groups in total. The van der Waals surface area contributed by atoms with Gasteiger partial charge in [-0.15, -0.1) is 0 Å². The summed E-state index contributed by atoms with van der Waals surface area (Å²) in [7, 11) is -3.58. The maximum atomic E-state index is 12.3. The predicted octanol–water partition coefficient (Wildman–Crippen LogP) is 2.62. The van der Waals surface area contributed by atoms with E-state index >= 15 is 0 Å². The Morgan fingerprint density at radius 3 is 2.53 bits per heavy atom. The van der Waals surface area contributed by atoms with Crippen LogP contribution in [0.1, 0.15) is 39.9 Å². The first kappa shape index (κ1) is 16.7. The largest absolute Gasteiger partial charge is 0.452 e. The molecule has 0 atom stereocenters. The van der Waals surface area contributed by atoms with Crippen molar-refractivity contribution in [2.75, 3.05) is 6.54 Å². The summed E-state index contributed by atoms with van der Waals surface area (Å²) in [5, 5.41) is 3.09. The van der Waals surface area contributed by atoms with Gasteiger partial charge in [-0.25, -0.2) is 13.1 Å². The number of hydrogen-bond donors (Lipinski definition) is 2. The summed E-state index contributed by atoms with van der Waals surface area (Å²) in [6, 6.07) is 1.54. The zero-order chi connectivity index (χ0) is 14.7. The molecule has 110 valence electrons. The van der Waals surface area contributed by atoms with Crippen LogP contribution in [0.3, 0.4) is 0 Å². The summed E-state index contributed by atoms with van der Waals surface area (Å²) in [5.41, 5.74) is -0.489. The van der Waals surface area contributed by atoms with Crippen molar-refractivity contribution in [1.82, 2.24) is 10.0 Å². The minimum absolute atomic E-state index is 0.141. The molecule has 5 nitrogen and oxygen atoms in total. The molecule has 1 heterocycles. The number of furan rings is 1. The average Bonchev–Trinajstić information content (AvgIpc) is 2.67. The topological polar surface area (TPSA) is 71.3 Å². The van der Waals surface area contributed by atoms with Crippen LogP contribution in [-0.4, -0.2) is 20.5 Å². The molecule has 1 rings (SSSR count). The molecule has 0 radical (unpaired) electrons. The van der Waals surface area contributed by atoms with Gasteiger partial charge in [0.15, 0.2) is 4.67 Å². The summed E-state index contributed by atoms with van der Waals surface area (Å²) in [5.74, 6) is 0.586. The third-order valence-corrected chi connectivity index (χ3v) is 5.39. The third kappa shape index (κ3) is 4.59. The number of rotatable bonds is 7. The molecule has 0 aliphatic rings. The van der Waals surface area contributed by atoms with E-state index in [1.165, 1.54) is 0 Å². The lowest BCUT2D eigenvalue weighted by atomic mass is 10.0. The maximum absolute atomic E-state index is 12.3. The molecule has 0 aliphatic heterocycles. The highest BCUT2D eigenvalue weighted by atomic mass is 79.9. The molecular formula is C12H21BrN2O3S. The molecule has 0 bridgehead atoms. The minimum Gasteiger partial charge on any atom is -0.452 e. The Morgan fingerprint density at radius 2 is 2.00 bits per heavy atom. The van der Waals surface area contributed by atoms with Gasteiger partial charge in [0.05, 0.1) is 6.54 Å². The summed E-state index contributed by atoms with van der Waals surface area (Å²) >= 11 is 3.16. The fourth-order valence-electron chi connectivity index (χ4n) is 1.41. The zero-order valence-corrected chi connectivity index (χ0v) is 14.1. The van der Waals surface area contributed by atoms with Crippen molar-refractivity contribution in [2.24, 2.45) is 0 Å². The first-order valence-electron chi connectivity index (χ1n) is 6.24. The van der Waals surface area contributed by atoms with E-state index in [0.717, 1.165) is 6.54 Å². The van der Waals surface area contributed by atoms with Crippen molar-refractivity contribution in [3.63, 3.8) is 0 Å². The van der Waals surface area contributed by atoms with E-state index in [0.29, 0.717) is 18.7 Å². The van der Waals surface area contributed by atoms with E-state index in [9.17, 15) is 8.42 Å². The van der Waals surface area contributed by atoms with E-state index < -0.39 is 15.6 Å². The summed E-state index contributed by atoms with van der Waals surface area (Å²) < 4.78 is 32.9. The molecule has 0 aromatic carbocycles. The summed E-state index contributed by atoms with van der Waals surface area (Å²) in [4.78, 5) is 0.141. The van der Waals surface area contributed by atoms with Gasteiger partial charge in [0.25, 0.3) is 0 Å². The SMILES string of the molecule is CCNCc1cc(S(=O)(=O)NC(C)(C)CC)c(Br)o1. The van der Waals surface area contributed by atoms with Crippen molar-refractivity contribution in [3.05, 3.63) is 16.5 Å². The van der Waals surface area contributed by atoms with Gasteiger partial charge in [0, 0.05) is 11.6 Å².